The monoisotopic (exact) mass is 291 g/mol. The van der Waals surface area contributed by atoms with Gasteiger partial charge in [0.1, 0.15) is 5.01 Å². The Morgan fingerprint density at radius 2 is 2.16 bits per heavy atom. The van der Waals surface area contributed by atoms with E-state index in [2.05, 4.69) is 15.3 Å². The van der Waals surface area contributed by atoms with Crippen LogP contribution in [0.4, 0.5) is 5.69 Å². The molecule has 1 fully saturated rings. The van der Waals surface area contributed by atoms with Gasteiger partial charge in [0.15, 0.2) is 5.82 Å². The van der Waals surface area contributed by atoms with Gasteiger partial charge >= 0.3 is 0 Å². The summed E-state index contributed by atoms with van der Waals surface area (Å²) in [4.78, 5) is 0.802. The van der Waals surface area contributed by atoms with Crippen LogP contribution in [-0.2, 0) is 0 Å². The van der Waals surface area contributed by atoms with Gasteiger partial charge in [-0.15, -0.1) is 10.2 Å². The summed E-state index contributed by atoms with van der Waals surface area (Å²) in [6.45, 7) is 0. The van der Waals surface area contributed by atoms with Crippen molar-refractivity contribution in [1.29, 1.82) is 0 Å². The lowest BCUT2D eigenvalue weighted by molar-refractivity contribution is 0.828. The minimum Gasteiger partial charge on any atom is -0.398 e. The summed E-state index contributed by atoms with van der Waals surface area (Å²) in [5.41, 5.74) is 7.51. The highest BCUT2D eigenvalue weighted by molar-refractivity contribution is 7.19. The van der Waals surface area contributed by atoms with Crippen molar-refractivity contribution in [2.24, 2.45) is 0 Å². The first-order chi connectivity index (χ1) is 9.22. The molecule has 4 rings (SSSR count). The maximum absolute atomic E-state index is 6.02. The van der Waals surface area contributed by atoms with E-state index in [0.717, 1.165) is 21.4 Å². The van der Waals surface area contributed by atoms with Gasteiger partial charge in [0.2, 0.25) is 4.96 Å². The van der Waals surface area contributed by atoms with Crippen LogP contribution in [0, 0.1) is 0 Å². The molecule has 0 aliphatic heterocycles. The zero-order valence-corrected chi connectivity index (χ0v) is 11.4. The van der Waals surface area contributed by atoms with E-state index in [1.54, 1.807) is 12.1 Å². The van der Waals surface area contributed by atoms with Gasteiger partial charge in [-0.1, -0.05) is 22.9 Å². The van der Waals surface area contributed by atoms with Crippen molar-refractivity contribution < 1.29 is 0 Å². The third-order valence-electron chi connectivity index (χ3n) is 3.20. The van der Waals surface area contributed by atoms with Gasteiger partial charge in [-0.25, -0.2) is 0 Å². The zero-order chi connectivity index (χ0) is 13.0. The standard InChI is InChI=1S/C12H10ClN5S/c13-7-3-4-9(14)8(5-7)11-17-18-10(6-1-2-6)15-16-12(18)19-11/h3-6H,1-2,14H2. The average Bonchev–Trinajstić information content (AvgIpc) is 3.01. The molecule has 7 heteroatoms. The van der Waals surface area contributed by atoms with Crippen LogP contribution in [0.3, 0.4) is 0 Å². The SMILES string of the molecule is Nc1ccc(Cl)cc1-c1nn2c(C3CC3)nnc2s1. The van der Waals surface area contributed by atoms with E-state index >= 15 is 0 Å². The largest absolute Gasteiger partial charge is 0.398 e. The van der Waals surface area contributed by atoms with Gasteiger partial charge < -0.3 is 5.73 Å². The Bertz CT molecular complexity index is 774. The van der Waals surface area contributed by atoms with Crippen molar-refractivity contribution in [3.8, 4) is 10.6 Å². The van der Waals surface area contributed by atoms with E-state index in [-0.39, 0.29) is 0 Å². The maximum atomic E-state index is 6.02. The zero-order valence-electron chi connectivity index (χ0n) is 9.88. The van der Waals surface area contributed by atoms with E-state index in [4.69, 9.17) is 17.3 Å². The summed E-state index contributed by atoms with van der Waals surface area (Å²) >= 11 is 7.50. The molecule has 1 aromatic carbocycles. The predicted molar refractivity (Wildman–Crippen MR) is 75.5 cm³/mol. The summed E-state index contributed by atoms with van der Waals surface area (Å²) in [6.07, 6.45) is 2.35. The molecule has 2 heterocycles. The second-order valence-corrected chi connectivity index (χ2v) is 6.06. The van der Waals surface area contributed by atoms with E-state index < -0.39 is 0 Å². The summed E-state index contributed by atoms with van der Waals surface area (Å²) in [6, 6.07) is 5.40. The Kier molecular flexibility index (Phi) is 2.31. The van der Waals surface area contributed by atoms with Crippen molar-refractivity contribution in [3.05, 3.63) is 29.0 Å². The third-order valence-corrected chi connectivity index (χ3v) is 4.37. The number of rotatable bonds is 2. The average molecular weight is 292 g/mol. The number of nitrogens with zero attached hydrogens (tertiary/aromatic N) is 4. The molecule has 5 nitrogen and oxygen atoms in total. The molecule has 0 bridgehead atoms. The molecule has 1 saturated carbocycles. The normalized spacial score (nSPS) is 15.2. The molecule has 96 valence electrons. The molecule has 19 heavy (non-hydrogen) atoms. The van der Waals surface area contributed by atoms with E-state index in [1.807, 2.05) is 10.6 Å². The minimum absolute atomic E-state index is 0.515. The molecule has 0 atom stereocenters. The number of fused-ring (bicyclic) bond motifs is 1. The van der Waals surface area contributed by atoms with Gasteiger partial charge in [-0.3, -0.25) is 0 Å². The smallest absolute Gasteiger partial charge is 0.234 e. The first kappa shape index (κ1) is 11.2. The summed E-state index contributed by atoms with van der Waals surface area (Å²) < 4.78 is 1.83. The molecule has 2 N–H and O–H groups in total. The van der Waals surface area contributed by atoms with Crippen LogP contribution in [-0.4, -0.2) is 19.8 Å². The lowest BCUT2D eigenvalue weighted by Gasteiger charge is -2.01. The Morgan fingerprint density at radius 1 is 1.32 bits per heavy atom. The summed E-state index contributed by atoms with van der Waals surface area (Å²) in [7, 11) is 0. The Morgan fingerprint density at radius 3 is 2.95 bits per heavy atom. The molecule has 0 spiro atoms. The number of anilines is 1. The number of aromatic nitrogens is 4. The van der Waals surface area contributed by atoms with Gasteiger partial charge in [0.05, 0.1) is 0 Å². The highest BCUT2D eigenvalue weighted by Crippen LogP contribution is 2.40. The van der Waals surface area contributed by atoms with Crippen molar-refractivity contribution in [1.82, 2.24) is 19.8 Å². The van der Waals surface area contributed by atoms with Crippen LogP contribution < -0.4 is 5.73 Å². The molecule has 1 aliphatic rings. The fourth-order valence-corrected chi connectivity index (χ4v) is 3.11. The molecule has 0 unspecified atom stereocenters. The van der Waals surface area contributed by atoms with Crippen LogP contribution in [0.25, 0.3) is 15.5 Å². The van der Waals surface area contributed by atoms with Crippen LogP contribution >= 0.6 is 22.9 Å². The fraction of sp³-hybridized carbons (Fsp3) is 0.250. The van der Waals surface area contributed by atoms with E-state index in [9.17, 15) is 0 Å². The van der Waals surface area contributed by atoms with Crippen LogP contribution in [0.5, 0.6) is 0 Å². The molecule has 0 radical (unpaired) electrons. The predicted octanol–water partition coefficient (Wildman–Crippen LogP) is 2.97. The minimum atomic E-state index is 0.515. The van der Waals surface area contributed by atoms with Crippen LogP contribution in [0.2, 0.25) is 5.02 Å². The second kappa shape index (κ2) is 3.91. The number of hydrogen-bond donors (Lipinski definition) is 1. The van der Waals surface area contributed by atoms with Gasteiger partial charge in [-0.05, 0) is 31.0 Å². The van der Waals surface area contributed by atoms with Gasteiger partial charge in [0.25, 0.3) is 0 Å². The van der Waals surface area contributed by atoms with Gasteiger partial charge in [-0.2, -0.15) is 9.61 Å². The summed E-state index contributed by atoms with van der Waals surface area (Å²) in [5.74, 6) is 1.47. The maximum Gasteiger partial charge on any atom is 0.234 e. The second-order valence-electron chi connectivity index (χ2n) is 4.67. The number of nitrogens with two attached hydrogens (primary N) is 1. The van der Waals surface area contributed by atoms with Crippen molar-refractivity contribution in [2.45, 2.75) is 18.8 Å². The molecular weight excluding hydrogens is 282 g/mol. The Balaban J connectivity index is 1.88. The van der Waals surface area contributed by atoms with Crippen LogP contribution in [0.1, 0.15) is 24.6 Å². The highest BCUT2D eigenvalue weighted by Gasteiger charge is 2.30. The summed E-state index contributed by atoms with van der Waals surface area (Å²) in [5, 5.41) is 14.4. The number of hydrogen-bond acceptors (Lipinski definition) is 5. The molecule has 2 aromatic heterocycles. The Hall–Kier alpha value is -1.66. The molecule has 3 aromatic rings. The third kappa shape index (κ3) is 1.79. The molecule has 0 amide bonds. The molecule has 1 aliphatic carbocycles. The van der Waals surface area contributed by atoms with Crippen molar-refractivity contribution in [3.63, 3.8) is 0 Å². The lowest BCUT2D eigenvalue weighted by Crippen LogP contribution is -1.94. The topological polar surface area (TPSA) is 69.1 Å². The van der Waals surface area contributed by atoms with Gasteiger partial charge in [0, 0.05) is 22.2 Å². The van der Waals surface area contributed by atoms with Crippen LogP contribution in [0.15, 0.2) is 18.2 Å². The Labute approximate surface area is 118 Å². The van der Waals surface area contributed by atoms with E-state index in [1.165, 1.54) is 24.2 Å². The van der Waals surface area contributed by atoms with E-state index in [0.29, 0.717) is 16.6 Å². The first-order valence-electron chi connectivity index (χ1n) is 6.00. The highest BCUT2D eigenvalue weighted by atomic mass is 35.5. The fourth-order valence-electron chi connectivity index (χ4n) is 2.05. The molecule has 0 saturated heterocycles. The number of nitrogen functional groups attached to an aromatic ring is 1. The van der Waals surface area contributed by atoms with Crippen molar-refractivity contribution >= 4 is 33.6 Å². The number of benzene rings is 1. The number of halogens is 1. The lowest BCUT2D eigenvalue weighted by atomic mass is 10.2. The van der Waals surface area contributed by atoms with Crippen molar-refractivity contribution in [2.75, 3.05) is 5.73 Å². The first-order valence-corrected chi connectivity index (χ1v) is 7.19. The quantitative estimate of drug-likeness (QED) is 0.737. The molecular formula is C12H10ClN5S.